The van der Waals surface area contributed by atoms with Gasteiger partial charge in [0.15, 0.2) is 0 Å². The molecule has 0 aliphatic carbocycles. The van der Waals surface area contributed by atoms with Gasteiger partial charge in [-0.2, -0.15) is 0 Å². The molecular weight excluding hydrogens is 406 g/mol. The molecule has 3 aromatic heterocycles. The van der Waals surface area contributed by atoms with Crippen LogP contribution in [0.4, 0.5) is 28.8 Å². The Kier molecular flexibility index (Phi) is 6.47. The zero-order valence-electron chi connectivity index (χ0n) is 17.3. The number of pyridine rings is 2. The van der Waals surface area contributed by atoms with Crippen molar-refractivity contribution in [3.05, 3.63) is 84.9 Å². The van der Waals surface area contributed by atoms with Crippen molar-refractivity contribution >= 4 is 34.7 Å². The molecule has 0 aliphatic rings. The van der Waals surface area contributed by atoms with Gasteiger partial charge in [0.1, 0.15) is 23.8 Å². The number of carbonyl (C=O) groups is 1. The number of hydrogen-bond donors (Lipinski definition) is 3. The maximum absolute atomic E-state index is 12.4. The Morgan fingerprint density at radius 2 is 1.62 bits per heavy atom. The summed E-state index contributed by atoms with van der Waals surface area (Å²) in [4.78, 5) is 29.2. The van der Waals surface area contributed by atoms with Crippen LogP contribution in [0.1, 0.15) is 17.3 Å². The summed E-state index contributed by atoms with van der Waals surface area (Å²) in [5.41, 5.74) is 1.92. The highest BCUT2D eigenvalue weighted by Crippen LogP contribution is 2.20. The summed E-state index contributed by atoms with van der Waals surface area (Å²) in [5, 5.41) is 9.18. The zero-order chi connectivity index (χ0) is 22.2. The van der Waals surface area contributed by atoms with Crippen LogP contribution in [0, 0.1) is 0 Å². The minimum atomic E-state index is -0.248. The van der Waals surface area contributed by atoms with E-state index in [0.717, 1.165) is 5.69 Å². The first kappa shape index (κ1) is 20.7. The van der Waals surface area contributed by atoms with E-state index in [1.807, 2.05) is 37.3 Å². The molecule has 0 unspecified atom stereocenters. The van der Waals surface area contributed by atoms with Crippen molar-refractivity contribution < 1.29 is 9.53 Å². The maximum Gasteiger partial charge on any atom is 0.257 e. The van der Waals surface area contributed by atoms with E-state index in [4.69, 9.17) is 4.74 Å². The molecule has 0 fully saturated rings. The molecule has 9 heteroatoms. The molecule has 0 spiro atoms. The molecule has 0 saturated heterocycles. The van der Waals surface area contributed by atoms with Crippen molar-refractivity contribution in [3.63, 3.8) is 0 Å². The first-order chi connectivity index (χ1) is 15.7. The smallest absolute Gasteiger partial charge is 0.257 e. The van der Waals surface area contributed by atoms with E-state index in [9.17, 15) is 4.79 Å². The first-order valence-corrected chi connectivity index (χ1v) is 9.97. The lowest BCUT2D eigenvalue weighted by Gasteiger charge is -2.10. The second kappa shape index (κ2) is 9.98. The third-order valence-electron chi connectivity index (χ3n) is 4.29. The molecule has 3 N–H and O–H groups in total. The van der Waals surface area contributed by atoms with Gasteiger partial charge in [-0.05, 0) is 49.4 Å². The number of rotatable bonds is 8. The summed E-state index contributed by atoms with van der Waals surface area (Å²) in [7, 11) is 0. The van der Waals surface area contributed by atoms with Crippen LogP contribution >= 0.6 is 0 Å². The predicted octanol–water partition coefficient (Wildman–Crippen LogP) is 4.40. The van der Waals surface area contributed by atoms with Gasteiger partial charge in [-0.3, -0.25) is 4.79 Å². The highest BCUT2D eigenvalue weighted by molar-refractivity contribution is 6.04. The summed E-state index contributed by atoms with van der Waals surface area (Å²) in [6.45, 7) is 2.40. The molecule has 0 saturated carbocycles. The van der Waals surface area contributed by atoms with E-state index in [-0.39, 0.29) is 5.91 Å². The van der Waals surface area contributed by atoms with Gasteiger partial charge in [-0.15, -0.1) is 0 Å². The monoisotopic (exact) mass is 427 g/mol. The molecule has 1 aromatic carbocycles. The van der Waals surface area contributed by atoms with Crippen LogP contribution in [0.5, 0.6) is 5.88 Å². The van der Waals surface area contributed by atoms with Crippen LogP contribution in [0.25, 0.3) is 0 Å². The van der Waals surface area contributed by atoms with Gasteiger partial charge in [0, 0.05) is 35.9 Å². The van der Waals surface area contributed by atoms with Crippen LogP contribution in [0.2, 0.25) is 0 Å². The molecule has 1 amide bonds. The Bertz CT molecular complexity index is 1170. The third kappa shape index (κ3) is 5.54. The summed E-state index contributed by atoms with van der Waals surface area (Å²) >= 11 is 0. The molecule has 0 bridgehead atoms. The number of benzene rings is 1. The molecule has 0 aliphatic heterocycles. The van der Waals surface area contributed by atoms with E-state index in [1.54, 1.807) is 36.5 Å². The SMILES string of the molecule is CCOc1ccc(C(=O)Nc2ccc(Nc3cc(Nc4ccccn4)ncn3)cc2)cn1. The lowest BCUT2D eigenvalue weighted by molar-refractivity contribution is 0.102. The summed E-state index contributed by atoms with van der Waals surface area (Å²) in [6.07, 6.45) is 4.66. The largest absolute Gasteiger partial charge is 0.478 e. The van der Waals surface area contributed by atoms with Crippen molar-refractivity contribution in [2.24, 2.45) is 0 Å². The van der Waals surface area contributed by atoms with Gasteiger partial charge in [0.25, 0.3) is 5.91 Å². The molecule has 9 nitrogen and oxygen atoms in total. The number of aromatic nitrogens is 4. The number of amides is 1. The Balaban J connectivity index is 1.36. The summed E-state index contributed by atoms with van der Waals surface area (Å²) in [6, 6.07) is 18.0. The van der Waals surface area contributed by atoms with E-state index in [0.29, 0.717) is 41.2 Å². The molecular formula is C23H21N7O2. The van der Waals surface area contributed by atoms with Crippen molar-refractivity contribution in [1.82, 2.24) is 19.9 Å². The van der Waals surface area contributed by atoms with Crippen molar-refractivity contribution in [2.45, 2.75) is 6.92 Å². The second-order valence-corrected chi connectivity index (χ2v) is 6.60. The van der Waals surface area contributed by atoms with Gasteiger partial charge in [-0.25, -0.2) is 19.9 Å². The molecule has 4 aromatic rings. The van der Waals surface area contributed by atoms with Crippen LogP contribution in [0.15, 0.2) is 79.4 Å². The molecule has 3 heterocycles. The number of ether oxygens (including phenoxy) is 1. The lowest BCUT2D eigenvalue weighted by atomic mass is 10.2. The molecule has 32 heavy (non-hydrogen) atoms. The molecule has 0 radical (unpaired) electrons. The van der Waals surface area contributed by atoms with Gasteiger partial charge in [0.05, 0.1) is 12.2 Å². The van der Waals surface area contributed by atoms with Gasteiger partial charge in [-0.1, -0.05) is 6.07 Å². The van der Waals surface area contributed by atoms with Crippen LogP contribution in [-0.4, -0.2) is 32.4 Å². The van der Waals surface area contributed by atoms with Gasteiger partial charge >= 0.3 is 0 Å². The Morgan fingerprint density at radius 1 is 0.844 bits per heavy atom. The molecule has 4 rings (SSSR count). The van der Waals surface area contributed by atoms with E-state index >= 15 is 0 Å². The Labute approximate surface area is 185 Å². The Hall–Kier alpha value is -4.53. The fraction of sp³-hybridized carbons (Fsp3) is 0.0870. The number of anilines is 5. The maximum atomic E-state index is 12.4. The molecule has 0 atom stereocenters. The standard InChI is InChI=1S/C23H21N7O2/c1-2-32-22-11-6-16(14-25-22)23(31)29-18-9-7-17(8-10-18)28-20-13-21(27-15-26-20)30-19-5-3-4-12-24-19/h3-15H,2H2,1H3,(H,29,31)(H2,24,26,27,28,30). The van der Waals surface area contributed by atoms with E-state index < -0.39 is 0 Å². The number of nitrogens with zero attached hydrogens (tertiary/aromatic N) is 4. The predicted molar refractivity (Wildman–Crippen MR) is 123 cm³/mol. The van der Waals surface area contributed by atoms with Crippen molar-refractivity contribution in [3.8, 4) is 5.88 Å². The lowest BCUT2D eigenvalue weighted by Crippen LogP contribution is -2.12. The van der Waals surface area contributed by atoms with Crippen LogP contribution in [0.3, 0.4) is 0 Å². The highest BCUT2D eigenvalue weighted by Gasteiger charge is 2.08. The Morgan fingerprint density at radius 3 is 2.31 bits per heavy atom. The van der Waals surface area contributed by atoms with Gasteiger partial charge in [0.2, 0.25) is 5.88 Å². The highest BCUT2D eigenvalue weighted by atomic mass is 16.5. The van der Waals surface area contributed by atoms with E-state index in [1.165, 1.54) is 12.5 Å². The average molecular weight is 427 g/mol. The number of carbonyl (C=O) groups excluding carboxylic acids is 1. The fourth-order valence-corrected chi connectivity index (χ4v) is 2.80. The molecule has 160 valence electrons. The first-order valence-electron chi connectivity index (χ1n) is 9.97. The third-order valence-corrected chi connectivity index (χ3v) is 4.29. The second-order valence-electron chi connectivity index (χ2n) is 6.60. The van der Waals surface area contributed by atoms with Crippen LogP contribution < -0.4 is 20.7 Å². The normalized spacial score (nSPS) is 10.3. The summed E-state index contributed by atoms with van der Waals surface area (Å²) in [5.74, 6) is 2.18. The fourth-order valence-electron chi connectivity index (χ4n) is 2.80. The summed E-state index contributed by atoms with van der Waals surface area (Å²) < 4.78 is 5.29. The van der Waals surface area contributed by atoms with Gasteiger partial charge < -0.3 is 20.7 Å². The van der Waals surface area contributed by atoms with E-state index in [2.05, 4.69) is 35.9 Å². The number of nitrogens with one attached hydrogen (secondary N) is 3. The van der Waals surface area contributed by atoms with Crippen LogP contribution in [-0.2, 0) is 0 Å². The topological polar surface area (TPSA) is 114 Å². The average Bonchev–Trinajstić information content (AvgIpc) is 2.82. The minimum Gasteiger partial charge on any atom is -0.478 e. The minimum absolute atomic E-state index is 0.248. The number of hydrogen-bond acceptors (Lipinski definition) is 8. The van der Waals surface area contributed by atoms with Crippen molar-refractivity contribution in [2.75, 3.05) is 22.6 Å². The zero-order valence-corrected chi connectivity index (χ0v) is 17.3. The van der Waals surface area contributed by atoms with Crippen molar-refractivity contribution in [1.29, 1.82) is 0 Å². The quantitative estimate of drug-likeness (QED) is 0.379.